The Morgan fingerprint density at radius 1 is 1.47 bits per heavy atom. The third kappa shape index (κ3) is 2.13. The molecule has 1 aromatic rings. The molecular formula is C11H11ClN2O2S. The van der Waals surface area contributed by atoms with Gasteiger partial charge >= 0.3 is 0 Å². The predicted molar refractivity (Wildman–Crippen MR) is 70.0 cm³/mol. The smallest absolute Gasteiger partial charge is 0.262 e. The lowest BCUT2D eigenvalue weighted by atomic mass is 10.2. The maximum atomic E-state index is 11.9. The van der Waals surface area contributed by atoms with Gasteiger partial charge in [0.15, 0.2) is 6.61 Å². The van der Waals surface area contributed by atoms with Crippen molar-refractivity contribution in [1.82, 2.24) is 5.06 Å². The van der Waals surface area contributed by atoms with Crippen LogP contribution in [-0.2, 0) is 9.63 Å². The molecule has 0 unspecified atom stereocenters. The Kier molecular flexibility index (Phi) is 3.33. The number of para-hydroxylation sites is 1. The summed E-state index contributed by atoms with van der Waals surface area (Å²) in [6.07, 6.45) is 0. The van der Waals surface area contributed by atoms with E-state index >= 15 is 0 Å². The van der Waals surface area contributed by atoms with Crippen LogP contribution in [0.4, 0.5) is 5.69 Å². The number of halogens is 1. The van der Waals surface area contributed by atoms with Crippen LogP contribution < -0.4 is 4.90 Å². The minimum Gasteiger partial charge on any atom is -0.271 e. The largest absolute Gasteiger partial charge is 0.271 e. The summed E-state index contributed by atoms with van der Waals surface area (Å²) < 4.78 is 0. The third-order valence-corrected chi connectivity index (χ3v) is 3.25. The molecule has 0 spiro atoms. The quantitative estimate of drug-likeness (QED) is 0.732. The summed E-state index contributed by atoms with van der Waals surface area (Å²) in [4.78, 5) is 18.4. The van der Waals surface area contributed by atoms with E-state index in [-0.39, 0.29) is 17.6 Å². The first-order valence-electron chi connectivity index (χ1n) is 5.01. The number of benzene rings is 1. The predicted octanol–water partition coefficient (Wildman–Crippen LogP) is 2.14. The summed E-state index contributed by atoms with van der Waals surface area (Å²) in [6, 6.07) is 5.45. The van der Waals surface area contributed by atoms with E-state index in [1.165, 1.54) is 9.96 Å². The van der Waals surface area contributed by atoms with Crippen LogP contribution in [0.1, 0.15) is 5.56 Å². The van der Waals surface area contributed by atoms with Crippen molar-refractivity contribution in [2.24, 2.45) is 0 Å². The molecule has 0 aliphatic carbocycles. The van der Waals surface area contributed by atoms with Crippen molar-refractivity contribution in [3.05, 3.63) is 28.8 Å². The van der Waals surface area contributed by atoms with E-state index in [1.807, 2.05) is 19.1 Å². The first-order valence-corrected chi connectivity index (χ1v) is 5.79. The highest BCUT2D eigenvalue weighted by Crippen LogP contribution is 2.31. The van der Waals surface area contributed by atoms with Crippen LogP contribution in [0.25, 0.3) is 0 Å². The van der Waals surface area contributed by atoms with Crippen LogP contribution in [0.3, 0.4) is 0 Å². The van der Waals surface area contributed by atoms with Gasteiger partial charge in [0.25, 0.3) is 5.91 Å². The average Bonchev–Trinajstić information content (AvgIpc) is 2.28. The molecule has 0 bridgehead atoms. The lowest BCUT2D eigenvalue weighted by Gasteiger charge is -2.34. The van der Waals surface area contributed by atoms with Gasteiger partial charge in [-0.25, -0.2) is 5.06 Å². The molecule has 90 valence electrons. The maximum Gasteiger partial charge on any atom is 0.262 e. The van der Waals surface area contributed by atoms with Crippen molar-refractivity contribution < 1.29 is 9.63 Å². The molecule has 0 saturated carbocycles. The molecule has 1 aromatic carbocycles. The Morgan fingerprint density at radius 2 is 2.18 bits per heavy atom. The second-order valence-electron chi connectivity index (χ2n) is 3.69. The van der Waals surface area contributed by atoms with E-state index in [2.05, 4.69) is 0 Å². The summed E-state index contributed by atoms with van der Waals surface area (Å²) in [5.74, 6) is -0.218. The van der Waals surface area contributed by atoms with Crippen molar-refractivity contribution in [2.45, 2.75) is 6.92 Å². The van der Waals surface area contributed by atoms with Gasteiger partial charge in [-0.15, -0.1) is 0 Å². The van der Waals surface area contributed by atoms with Gasteiger partial charge in [0.1, 0.15) is 0 Å². The fourth-order valence-corrected chi connectivity index (χ4v) is 2.20. The SMILES string of the molecule is Cc1cccc(Cl)c1N1C(=O)CON(C)C1=S. The Balaban J connectivity index is 2.50. The van der Waals surface area contributed by atoms with Gasteiger partial charge in [-0.05, 0) is 30.8 Å². The number of nitrogens with zero attached hydrogens (tertiary/aromatic N) is 2. The van der Waals surface area contributed by atoms with E-state index in [4.69, 9.17) is 28.7 Å². The van der Waals surface area contributed by atoms with Crippen LogP contribution in [0, 0.1) is 6.92 Å². The molecule has 1 fully saturated rings. The molecule has 0 radical (unpaired) electrons. The lowest BCUT2D eigenvalue weighted by Crippen LogP contribution is -2.52. The number of amides is 1. The zero-order chi connectivity index (χ0) is 12.6. The van der Waals surface area contributed by atoms with Crippen molar-refractivity contribution in [3.8, 4) is 0 Å². The van der Waals surface area contributed by atoms with Gasteiger partial charge < -0.3 is 0 Å². The molecule has 6 heteroatoms. The van der Waals surface area contributed by atoms with E-state index in [0.29, 0.717) is 10.7 Å². The van der Waals surface area contributed by atoms with Crippen molar-refractivity contribution in [1.29, 1.82) is 0 Å². The van der Waals surface area contributed by atoms with Crippen LogP contribution in [0.15, 0.2) is 18.2 Å². The van der Waals surface area contributed by atoms with E-state index in [1.54, 1.807) is 13.1 Å². The molecular weight excluding hydrogens is 260 g/mol. The van der Waals surface area contributed by atoms with Gasteiger partial charge in [-0.3, -0.25) is 14.5 Å². The first-order chi connectivity index (χ1) is 8.02. The highest BCUT2D eigenvalue weighted by molar-refractivity contribution is 7.80. The fourth-order valence-electron chi connectivity index (χ4n) is 1.65. The molecule has 4 nitrogen and oxygen atoms in total. The second-order valence-corrected chi connectivity index (χ2v) is 4.46. The standard InChI is InChI=1S/C11H11ClN2O2S/c1-7-4-3-5-8(12)10(7)14-9(15)6-16-13(2)11(14)17/h3-5H,6H2,1-2H3. The highest BCUT2D eigenvalue weighted by Gasteiger charge is 2.31. The van der Waals surface area contributed by atoms with Crippen LogP contribution in [0.5, 0.6) is 0 Å². The maximum absolute atomic E-state index is 11.9. The molecule has 1 aliphatic heterocycles. The summed E-state index contributed by atoms with van der Waals surface area (Å²) in [5.41, 5.74) is 1.52. The number of aryl methyl sites for hydroxylation is 1. The van der Waals surface area contributed by atoms with Gasteiger partial charge in [0, 0.05) is 7.05 Å². The number of carbonyl (C=O) groups is 1. The topological polar surface area (TPSA) is 32.8 Å². The number of thiocarbonyl (C=S) groups is 1. The molecule has 1 amide bonds. The second kappa shape index (κ2) is 4.60. The summed E-state index contributed by atoms with van der Waals surface area (Å²) in [7, 11) is 1.66. The molecule has 17 heavy (non-hydrogen) atoms. The van der Waals surface area contributed by atoms with Crippen molar-refractivity contribution >= 4 is 40.5 Å². The molecule has 0 N–H and O–H groups in total. The van der Waals surface area contributed by atoms with E-state index in [0.717, 1.165) is 5.56 Å². The Morgan fingerprint density at radius 3 is 2.82 bits per heavy atom. The number of hydrogen-bond donors (Lipinski definition) is 0. The number of carbonyl (C=O) groups excluding carboxylic acids is 1. The number of hydroxylamine groups is 2. The molecule has 1 aliphatic rings. The van der Waals surface area contributed by atoms with Crippen LogP contribution >= 0.6 is 23.8 Å². The molecule has 0 atom stereocenters. The molecule has 2 rings (SSSR count). The number of hydrogen-bond acceptors (Lipinski definition) is 3. The lowest BCUT2D eigenvalue weighted by molar-refractivity contribution is -0.142. The average molecular weight is 271 g/mol. The van der Waals surface area contributed by atoms with Gasteiger partial charge in [0.2, 0.25) is 5.11 Å². The van der Waals surface area contributed by atoms with Crippen LogP contribution in [0.2, 0.25) is 5.02 Å². The Bertz CT molecular complexity index is 472. The van der Waals surface area contributed by atoms with Gasteiger partial charge in [-0.1, -0.05) is 23.7 Å². The van der Waals surface area contributed by atoms with Gasteiger partial charge in [-0.2, -0.15) is 0 Å². The minimum absolute atomic E-state index is 0.0404. The highest BCUT2D eigenvalue weighted by atomic mass is 35.5. The van der Waals surface area contributed by atoms with Crippen molar-refractivity contribution in [3.63, 3.8) is 0 Å². The molecule has 1 heterocycles. The first kappa shape index (κ1) is 12.3. The fraction of sp³-hybridized carbons (Fsp3) is 0.273. The van der Waals surface area contributed by atoms with Gasteiger partial charge in [0.05, 0.1) is 10.7 Å². The Hall–Kier alpha value is -1.17. The normalized spacial score (nSPS) is 16.6. The molecule has 0 aromatic heterocycles. The van der Waals surface area contributed by atoms with Crippen molar-refractivity contribution in [2.75, 3.05) is 18.6 Å². The number of anilines is 1. The molecule has 1 saturated heterocycles. The summed E-state index contributed by atoms with van der Waals surface area (Å²) in [5, 5.41) is 2.17. The summed E-state index contributed by atoms with van der Waals surface area (Å²) >= 11 is 11.3. The monoisotopic (exact) mass is 270 g/mol. The van der Waals surface area contributed by atoms with E-state index < -0.39 is 0 Å². The zero-order valence-electron chi connectivity index (χ0n) is 9.44. The Labute approximate surface area is 110 Å². The van der Waals surface area contributed by atoms with E-state index in [9.17, 15) is 4.79 Å². The van der Waals surface area contributed by atoms with Crippen LogP contribution in [-0.4, -0.2) is 29.7 Å². The minimum atomic E-state index is -0.218. The number of rotatable bonds is 1. The summed E-state index contributed by atoms with van der Waals surface area (Å²) in [6.45, 7) is 1.84. The third-order valence-electron chi connectivity index (χ3n) is 2.50. The zero-order valence-corrected chi connectivity index (χ0v) is 11.0.